The van der Waals surface area contributed by atoms with Gasteiger partial charge < -0.3 is 18.9 Å². The van der Waals surface area contributed by atoms with Crippen LogP contribution in [0.2, 0.25) is 0 Å². The minimum absolute atomic E-state index is 0.110. The summed E-state index contributed by atoms with van der Waals surface area (Å²) in [6.07, 6.45) is 0. The molecule has 3 aromatic rings. The lowest BCUT2D eigenvalue weighted by atomic mass is 10.0. The topological polar surface area (TPSA) is 96.8 Å². The quantitative estimate of drug-likeness (QED) is 0.587. The van der Waals surface area contributed by atoms with Gasteiger partial charge in [0.1, 0.15) is 11.4 Å². The van der Waals surface area contributed by atoms with E-state index in [2.05, 4.69) is 10.2 Å². The van der Waals surface area contributed by atoms with Crippen molar-refractivity contribution in [2.45, 2.75) is 6.92 Å². The average Bonchev–Trinajstić information content (AvgIpc) is 2.89. The number of ether oxygens (including phenoxy) is 4. The fraction of sp³-hybridized carbons (Fsp3) is 0.238. The summed E-state index contributed by atoms with van der Waals surface area (Å²) in [7, 11) is 4.52. The molecule has 0 saturated heterocycles. The standard InChI is InChI=1S/C21H20N2O6/c1-5-29-21(25)19-20(24)15-11-17(28-4)16(27-3)10-14(15)18(22-23-19)12-6-8-13(26-2)9-7-12/h6-11H,5H2,1-4H3. The lowest BCUT2D eigenvalue weighted by Gasteiger charge is -2.09. The average molecular weight is 396 g/mol. The summed E-state index contributed by atoms with van der Waals surface area (Å²) in [4.78, 5) is 25.3. The number of carbonyl (C=O) groups excluding carboxylic acids is 1. The van der Waals surface area contributed by atoms with E-state index in [1.54, 1.807) is 44.4 Å². The Kier molecular flexibility index (Phi) is 5.92. The molecule has 8 heteroatoms. The normalized spacial score (nSPS) is 10.5. The Morgan fingerprint density at radius 3 is 2.07 bits per heavy atom. The summed E-state index contributed by atoms with van der Waals surface area (Å²) in [5, 5.41) is 8.79. The number of nitrogens with zero attached hydrogens (tertiary/aromatic N) is 2. The second kappa shape index (κ2) is 8.55. The molecule has 0 aliphatic heterocycles. The number of esters is 1. The summed E-state index contributed by atoms with van der Waals surface area (Å²) in [6, 6.07) is 10.2. The molecule has 1 heterocycles. The molecule has 0 fully saturated rings. The predicted molar refractivity (Wildman–Crippen MR) is 107 cm³/mol. The third-order valence-electron chi connectivity index (χ3n) is 4.32. The fourth-order valence-corrected chi connectivity index (χ4v) is 2.88. The van der Waals surface area contributed by atoms with Gasteiger partial charge in [-0.15, -0.1) is 10.2 Å². The lowest BCUT2D eigenvalue weighted by Crippen LogP contribution is -2.18. The molecule has 1 aromatic heterocycles. The Morgan fingerprint density at radius 2 is 1.52 bits per heavy atom. The van der Waals surface area contributed by atoms with Crippen LogP contribution in [-0.2, 0) is 4.74 Å². The first-order chi connectivity index (χ1) is 14.0. The largest absolute Gasteiger partial charge is 0.497 e. The second-order valence-corrected chi connectivity index (χ2v) is 5.93. The zero-order valence-electron chi connectivity index (χ0n) is 16.5. The second-order valence-electron chi connectivity index (χ2n) is 5.93. The van der Waals surface area contributed by atoms with Gasteiger partial charge in [0.25, 0.3) is 0 Å². The zero-order chi connectivity index (χ0) is 21.0. The van der Waals surface area contributed by atoms with Gasteiger partial charge in [-0.05, 0) is 43.3 Å². The van der Waals surface area contributed by atoms with Crippen molar-refractivity contribution in [1.29, 1.82) is 0 Å². The first-order valence-electron chi connectivity index (χ1n) is 8.82. The third kappa shape index (κ3) is 3.82. The number of benzene rings is 2. The SMILES string of the molecule is CCOC(=O)c1nnc(-c2ccc(OC)cc2)c2cc(OC)c(OC)cc2c1=O. The minimum atomic E-state index is -0.835. The van der Waals surface area contributed by atoms with Crippen LogP contribution >= 0.6 is 0 Å². The van der Waals surface area contributed by atoms with Gasteiger partial charge in [-0.1, -0.05) is 0 Å². The molecule has 0 unspecified atom stereocenters. The van der Waals surface area contributed by atoms with E-state index in [-0.39, 0.29) is 12.0 Å². The number of aromatic nitrogens is 2. The van der Waals surface area contributed by atoms with Gasteiger partial charge in [-0.2, -0.15) is 0 Å². The molecular formula is C21H20N2O6. The molecule has 3 rings (SSSR count). The predicted octanol–water partition coefficient (Wildman–Crippen LogP) is 2.86. The Labute approximate surface area is 167 Å². The highest BCUT2D eigenvalue weighted by Gasteiger charge is 2.20. The van der Waals surface area contributed by atoms with Crippen molar-refractivity contribution in [2.24, 2.45) is 0 Å². The van der Waals surface area contributed by atoms with E-state index in [9.17, 15) is 9.59 Å². The summed E-state index contributed by atoms with van der Waals surface area (Å²) in [5.74, 6) is 0.596. The van der Waals surface area contributed by atoms with Gasteiger partial charge in [-0.25, -0.2) is 4.79 Å². The molecule has 0 atom stereocenters. The molecule has 0 radical (unpaired) electrons. The monoisotopic (exact) mass is 396 g/mol. The van der Waals surface area contributed by atoms with E-state index in [4.69, 9.17) is 18.9 Å². The van der Waals surface area contributed by atoms with Crippen LogP contribution in [-0.4, -0.2) is 44.1 Å². The van der Waals surface area contributed by atoms with Crippen molar-refractivity contribution in [3.8, 4) is 28.5 Å². The molecule has 29 heavy (non-hydrogen) atoms. The Morgan fingerprint density at radius 1 is 0.897 bits per heavy atom. The van der Waals surface area contributed by atoms with E-state index >= 15 is 0 Å². The number of fused-ring (bicyclic) bond motifs is 1. The molecular weight excluding hydrogens is 376 g/mol. The summed E-state index contributed by atoms with van der Waals surface area (Å²) in [6.45, 7) is 1.76. The van der Waals surface area contributed by atoms with E-state index in [0.29, 0.717) is 33.9 Å². The van der Waals surface area contributed by atoms with Crippen LogP contribution in [0.3, 0.4) is 0 Å². The summed E-state index contributed by atoms with van der Waals surface area (Å²) >= 11 is 0. The number of carbonyl (C=O) groups is 1. The first kappa shape index (κ1) is 20.1. The Balaban J connectivity index is 2.40. The molecule has 0 aliphatic rings. The van der Waals surface area contributed by atoms with Crippen LogP contribution in [0.25, 0.3) is 22.0 Å². The van der Waals surface area contributed by atoms with Crippen LogP contribution < -0.4 is 19.6 Å². The Hall–Kier alpha value is -3.68. The highest BCUT2D eigenvalue weighted by atomic mass is 16.5. The van der Waals surface area contributed by atoms with Crippen molar-refractivity contribution < 1.29 is 23.7 Å². The molecule has 2 aromatic carbocycles. The number of hydrogen-bond donors (Lipinski definition) is 0. The van der Waals surface area contributed by atoms with Crippen molar-refractivity contribution >= 4 is 16.7 Å². The van der Waals surface area contributed by atoms with Crippen molar-refractivity contribution in [3.63, 3.8) is 0 Å². The lowest BCUT2D eigenvalue weighted by molar-refractivity contribution is 0.0517. The number of hydrogen-bond acceptors (Lipinski definition) is 8. The molecule has 0 saturated carbocycles. The van der Waals surface area contributed by atoms with Gasteiger partial charge in [0.2, 0.25) is 11.1 Å². The van der Waals surface area contributed by atoms with E-state index in [1.165, 1.54) is 20.3 Å². The fourth-order valence-electron chi connectivity index (χ4n) is 2.88. The zero-order valence-corrected chi connectivity index (χ0v) is 16.5. The smallest absolute Gasteiger partial charge is 0.362 e. The van der Waals surface area contributed by atoms with Crippen LogP contribution in [0.4, 0.5) is 0 Å². The van der Waals surface area contributed by atoms with Crippen LogP contribution in [0.15, 0.2) is 41.2 Å². The first-order valence-corrected chi connectivity index (χ1v) is 8.82. The van der Waals surface area contributed by atoms with Crippen molar-refractivity contribution in [3.05, 3.63) is 52.3 Å². The van der Waals surface area contributed by atoms with Gasteiger partial charge in [-0.3, -0.25) is 4.79 Å². The molecule has 0 spiro atoms. The van der Waals surface area contributed by atoms with Crippen LogP contribution in [0.1, 0.15) is 17.4 Å². The maximum atomic E-state index is 13.1. The van der Waals surface area contributed by atoms with Crippen molar-refractivity contribution in [2.75, 3.05) is 27.9 Å². The van der Waals surface area contributed by atoms with E-state index in [0.717, 1.165) is 0 Å². The minimum Gasteiger partial charge on any atom is -0.497 e. The van der Waals surface area contributed by atoms with E-state index in [1.807, 2.05) is 0 Å². The molecule has 150 valence electrons. The van der Waals surface area contributed by atoms with Crippen molar-refractivity contribution in [1.82, 2.24) is 10.2 Å². The number of rotatable bonds is 6. The van der Waals surface area contributed by atoms with Gasteiger partial charge in [0, 0.05) is 16.3 Å². The summed E-state index contributed by atoms with van der Waals surface area (Å²) in [5.41, 5.74) is 0.0766. The summed E-state index contributed by atoms with van der Waals surface area (Å²) < 4.78 is 20.8. The maximum Gasteiger partial charge on any atom is 0.362 e. The molecule has 8 nitrogen and oxygen atoms in total. The highest BCUT2D eigenvalue weighted by molar-refractivity contribution is 5.99. The molecule has 0 aliphatic carbocycles. The van der Waals surface area contributed by atoms with Gasteiger partial charge >= 0.3 is 5.97 Å². The third-order valence-corrected chi connectivity index (χ3v) is 4.32. The van der Waals surface area contributed by atoms with Gasteiger partial charge in [0.05, 0.1) is 27.9 Å². The molecule has 0 amide bonds. The molecule has 0 bridgehead atoms. The highest BCUT2D eigenvalue weighted by Crippen LogP contribution is 2.34. The van der Waals surface area contributed by atoms with Gasteiger partial charge in [0.15, 0.2) is 11.5 Å². The van der Waals surface area contributed by atoms with E-state index < -0.39 is 17.1 Å². The molecule has 0 N–H and O–H groups in total. The number of methoxy groups -OCH3 is 3. The maximum absolute atomic E-state index is 13.1. The van der Waals surface area contributed by atoms with Crippen LogP contribution in [0, 0.1) is 0 Å². The van der Waals surface area contributed by atoms with Crippen LogP contribution in [0.5, 0.6) is 17.2 Å². The Bertz CT molecular complexity index is 1110.